The molecule has 0 aliphatic rings. The number of nitrogens with zero attached hydrogens (tertiary/aromatic N) is 2. The standard InChI is InChI=1S/C16H13N3O3S.C10H8/c20-23(21,22)16(13-9-5-2-6-10-13)15(14-11-17-19-18-14)12-7-3-1-4-8-12;1-2-6-10-8-4-3-7-9(10)5-1/h1-11H,(H,17,18,19)(H,20,21,22);1-8H. The van der Waals surface area contributed by atoms with Crippen LogP contribution in [0.4, 0.5) is 0 Å². The zero-order valence-electron chi connectivity index (χ0n) is 17.5. The first-order valence-electron chi connectivity index (χ1n) is 10.2. The molecule has 5 aromatic rings. The van der Waals surface area contributed by atoms with Crippen molar-refractivity contribution in [3.8, 4) is 0 Å². The molecule has 6 nitrogen and oxygen atoms in total. The Bertz CT molecular complexity index is 1400. The highest BCUT2D eigenvalue weighted by Gasteiger charge is 2.25. The molecule has 0 unspecified atom stereocenters. The molecule has 0 aliphatic carbocycles. The molecule has 0 radical (unpaired) electrons. The summed E-state index contributed by atoms with van der Waals surface area (Å²) >= 11 is 0. The molecule has 0 aliphatic heterocycles. The van der Waals surface area contributed by atoms with Gasteiger partial charge >= 0.3 is 0 Å². The molecule has 0 bridgehead atoms. The van der Waals surface area contributed by atoms with E-state index in [1.165, 1.54) is 17.0 Å². The smallest absolute Gasteiger partial charge is 0.282 e. The molecule has 0 spiro atoms. The number of rotatable bonds is 4. The molecule has 0 fully saturated rings. The van der Waals surface area contributed by atoms with E-state index in [-0.39, 0.29) is 10.5 Å². The van der Waals surface area contributed by atoms with E-state index in [1.54, 1.807) is 54.6 Å². The number of fused-ring (bicyclic) bond motifs is 1. The Hall–Kier alpha value is -4.07. The predicted molar refractivity (Wildman–Crippen MR) is 131 cm³/mol. The lowest BCUT2D eigenvalue weighted by molar-refractivity contribution is 0.496. The van der Waals surface area contributed by atoms with Crippen molar-refractivity contribution in [2.24, 2.45) is 0 Å². The highest BCUT2D eigenvalue weighted by Crippen LogP contribution is 2.34. The largest absolute Gasteiger partial charge is 0.295 e. The maximum atomic E-state index is 12.1. The zero-order chi connectivity index (χ0) is 23.1. The van der Waals surface area contributed by atoms with Gasteiger partial charge in [0.25, 0.3) is 10.1 Å². The number of hydrogen-bond donors (Lipinski definition) is 2. The molecule has 0 saturated heterocycles. The van der Waals surface area contributed by atoms with Gasteiger partial charge in [-0.15, -0.1) is 0 Å². The van der Waals surface area contributed by atoms with Gasteiger partial charge in [0.2, 0.25) is 0 Å². The number of aromatic nitrogens is 3. The number of nitrogens with one attached hydrogen (secondary N) is 1. The first-order chi connectivity index (χ1) is 16.0. The lowest BCUT2D eigenvalue weighted by Crippen LogP contribution is -2.06. The minimum Gasteiger partial charge on any atom is -0.282 e. The van der Waals surface area contributed by atoms with Crippen molar-refractivity contribution in [1.82, 2.24) is 15.4 Å². The molecule has 33 heavy (non-hydrogen) atoms. The second-order valence-corrected chi connectivity index (χ2v) is 8.47. The van der Waals surface area contributed by atoms with Crippen LogP contribution in [0.15, 0.2) is 115 Å². The summed E-state index contributed by atoms with van der Waals surface area (Å²) in [6.45, 7) is 0. The number of aromatic amines is 1. The average molecular weight is 456 g/mol. The molecule has 2 N–H and O–H groups in total. The third-order valence-electron chi connectivity index (χ3n) is 4.91. The molecule has 164 valence electrons. The van der Waals surface area contributed by atoms with Gasteiger partial charge < -0.3 is 0 Å². The SMILES string of the molecule is O=S(=O)(O)C(=C(c1ccccc1)c1cn[nH]n1)c1ccccc1.c1ccc2ccccc2c1. The second kappa shape index (κ2) is 10.0. The fourth-order valence-corrected chi connectivity index (χ4v) is 4.38. The summed E-state index contributed by atoms with van der Waals surface area (Å²) in [5, 5.41) is 12.8. The highest BCUT2D eigenvalue weighted by molar-refractivity contribution is 7.95. The van der Waals surface area contributed by atoms with Crippen LogP contribution in [-0.2, 0) is 10.1 Å². The minimum atomic E-state index is -4.49. The predicted octanol–water partition coefficient (Wildman–Crippen LogP) is 5.45. The number of hydrogen-bond acceptors (Lipinski definition) is 4. The summed E-state index contributed by atoms with van der Waals surface area (Å²) in [4.78, 5) is -0.210. The Labute approximate surface area is 192 Å². The fraction of sp³-hybridized carbons (Fsp3) is 0. The van der Waals surface area contributed by atoms with Crippen molar-refractivity contribution >= 4 is 31.4 Å². The monoisotopic (exact) mass is 455 g/mol. The topological polar surface area (TPSA) is 95.9 Å². The Balaban J connectivity index is 0.000000214. The van der Waals surface area contributed by atoms with Gasteiger partial charge in [0.15, 0.2) is 0 Å². The van der Waals surface area contributed by atoms with E-state index in [4.69, 9.17) is 0 Å². The first kappa shape index (κ1) is 22.1. The molecule has 0 saturated carbocycles. The van der Waals surface area contributed by atoms with E-state index in [1.807, 2.05) is 6.07 Å². The van der Waals surface area contributed by atoms with Crippen LogP contribution < -0.4 is 0 Å². The fourth-order valence-electron chi connectivity index (χ4n) is 3.47. The third-order valence-corrected chi connectivity index (χ3v) is 5.87. The van der Waals surface area contributed by atoms with E-state index in [0.717, 1.165) is 0 Å². The van der Waals surface area contributed by atoms with Gasteiger partial charge in [0.05, 0.1) is 6.20 Å². The van der Waals surface area contributed by atoms with Crippen molar-refractivity contribution in [2.45, 2.75) is 0 Å². The maximum absolute atomic E-state index is 12.1. The molecule has 5 rings (SSSR count). The van der Waals surface area contributed by atoms with E-state index in [9.17, 15) is 13.0 Å². The van der Waals surface area contributed by atoms with Crippen molar-refractivity contribution in [3.05, 3.63) is 132 Å². The summed E-state index contributed by atoms with van der Waals surface area (Å²) < 4.78 is 34.0. The average Bonchev–Trinajstić information content (AvgIpc) is 3.38. The minimum absolute atomic E-state index is 0.210. The maximum Gasteiger partial charge on any atom is 0.295 e. The van der Waals surface area contributed by atoms with Crippen LogP contribution in [0.5, 0.6) is 0 Å². The Morgan fingerprint density at radius 2 is 1.12 bits per heavy atom. The van der Waals surface area contributed by atoms with Gasteiger partial charge in [-0.1, -0.05) is 109 Å². The first-order valence-corrected chi connectivity index (χ1v) is 11.6. The van der Waals surface area contributed by atoms with Crippen molar-refractivity contribution in [1.29, 1.82) is 0 Å². The van der Waals surface area contributed by atoms with Gasteiger partial charge in [-0.25, -0.2) is 0 Å². The van der Waals surface area contributed by atoms with Gasteiger partial charge in [0, 0.05) is 5.57 Å². The number of benzene rings is 4. The molecule has 0 atom stereocenters. The van der Waals surface area contributed by atoms with Crippen molar-refractivity contribution in [2.75, 3.05) is 0 Å². The van der Waals surface area contributed by atoms with Crippen LogP contribution in [0.25, 0.3) is 21.3 Å². The lowest BCUT2D eigenvalue weighted by atomic mass is 10.00. The van der Waals surface area contributed by atoms with Gasteiger partial charge in [0.1, 0.15) is 10.6 Å². The van der Waals surface area contributed by atoms with Crippen LogP contribution in [0.2, 0.25) is 0 Å². The Morgan fingerprint density at radius 1 is 0.667 bits per heavy atom. The normalized spacial score (nSPS) is 11.9. The van der Waals surface area contributed by atoms with Crippen LogP contribution in [0.3, 0.4) is 0 Å². The summed E-state index contributed by atoms with van der Waals surface area (Å²) in [5.41, 5.74) is 1.59. The van der Waals surface area contributed by atoms with Crippen molar-refractivity contribution in [3.63, 3.8) is 0 Å². The summed E-state index contributed by atoms with van der Waals surface area (Å²) in [5.74, 6) is 0. The molecular weight excluding hydrogens is 434 g/mol. The van der Waals surface area contributed by atoms with E-state index in [0.29, 0.717) is 16.8 Å². The van der Waals surface area contributed by atoms with E-state index >= 15 is 0 Å². The molecule has 4 aromatic carbocycles. The van der Waals surface area contributed by atoms with Gasteiger partial charge in [-0.05, 0) is 21.9 Å². The molecule has 1 heterocycles. The second-order valence-electron chi connectivity index (χ2n) is 7.11. The molecule has 0 amide bonds. The Kier molecular flexibility index (Phi) is 6.73. The lowest BCUT2D eigenvalue weighted by Gasteiger charge is -2.12. The van der Waals surface area contributed by atoms with E-state index < -0.39 is 10.1 Å². The highest BCUT2D eigenvalue weighted by atomic mass is 32.2. The number of H-pyrrole nitrogens is 1. The summed E-state index contributed by atoms with van der Waals surface area (Å²) in [7, 11) is -4.49. The van der Waals surface area contributed by atoms with Crippen LogP contribution in [0, 0.1) is 0 Å². The van der Waals surface area contributed by atoms with Gasteiger partial charge in [-0.2, -0.15) is 23.8 Å². The van der Waals surface area contributed by atoms with Crippen LogP contribution in [-0.4, -0.2) is 28.4 Å². The molecule has 7 heteroatoms. The quantitative estimate of drug-likeness (QED) is 0.278. The van der Waals surface area contributed by atoms with Crippen LogP contribution in [0.1, 0.15) is 16.8 Å². The van der Waals surface area contributed by atoms with Crippen molar-refractivity contribution < 1.29 is 13.0 Å². The van der Waals surface area contributed by atoms with Crippen LogP contribution >= 0.6 is 0 Å². The van der Waals surface area contributed by atoms with E-state index in [2.05, 4.69) is 63.9 Å². The molecule has 1 aromatic heterocycles. The summed E-state index contributed by atoms with van der Waals surface area (Å²) in [6.07, 6.45) is 1.41. The zero-order valence-corrected chi connectivity index (χ0v) is 18.4. The molecular formula is C26H21N3O3S. The summed E-state index contributed by atoms with van der Waals surface area (Å²) in [6, 6.07) is 34.0. The van der Waals surface area contributed by atoms with Gasteiger partial charge in [-0.3, -0.25) is 4.55 Å². The third kappa shape index (κ3) is 5.41. The Morgan fingerprint density at radius 3 is 1.55 bits per heavy atom.